The van der Waals surface area contributed by atoms with Crippen LogP contribution in [0.25, 0.3) is 0 Å². The highest BCUT2D eigenvalue weighted by atomic mass is 16.5. The van der Waals surface area contributed by atoms with Gasteiger partial charge in [0.25, 0.3) is 0 Å². The summed E-state index contributed by atoms with van der Waals surface area (Å²) >= 11 is 0. The molecule has 0 aliphatic carbocycles. The maximum atomic E-state index is 5.33. The second-order valence-corrected chi connectivity index (χ2v) is 5.29. The van der Waals surface area contributed by atoms with Gasteiger partial charge in [-0.2, -0.15) is 0 Å². The molecule has 1 N–H and O–H groups in total. The zero-order chi connectivity index (χ0) is 11.8. The molecule has 0 radical (unpaired) electrons. The van der Waals surface area contributed by atoms with Crippen molar-refractivity contribution in [3.63, 3.8) is 0 Å². The molecule has 0 aromatic heterocycles. The van der Waals surface area contributed by atoms with Gasteiger partial charge in [0.05, 0.1) is 13.2 Å². The minimum absolute atomic E-state index is 0.657. The molecular weight excluding hydrogens is 200 g/mol. The van der Waals surface area contributed by atoms with Gasteiger partial charge in [-0.15, -0.1) is 0 Å². The molecule has 0 spiro atoms. The van der Waals surface area contributed by atoms with Gasteiger partial charge in [0.2, 0.25) is 0 Å². The van der Waals surface area contributed by atoms with Crippen LogP contribution in [-0.4, -0.2) is 50.3 Å². The number of rotatable bonds is 7. The first kappa shape index (κ1) is 13.9. The summed E-state index contributed by atoms with van der Waals surface area (Å²) in [4.78, 5) is 2.50. The van der Waals surface area contributed by atoms with E-state index >= 15 is 0 Å². The first-order valence-electron chi connectivity index (χ1n) is 6.72. The summed E-state index contributed by atoms with van der Waals surface area (Å²) in [6, 6.07) is 0.657. The lowest BCUT2D eigenvalue weighted by Gasteiger charge is -2.26. The van der Waals surface area contributed by atoms with Crippen molar-refractivity contribution in [3.8, 4) is 0 Å². The molecule has 1 aliphatic rings. The molecular formula is C13H28N2O. The summed E-state index contributed by atoms with van der Waals surface area (Å²) in [6.45, 7) is 13.3. The van der Waals surface area contributed by atoms with Crippen molar-refractivity contribution in [2.45, 2.75) is 39.7 Å². The van der Waals surface area contributed by atoms with Crippen LogP contribution >= 0.6 is 0 Å². The summed E-state index contributed by atoms with van der Waals surface area (Å²) in [5.74, 6) is 0.793. The quantitative estimate of drug-likeness (QED) is 0.672. The summed E-state index contributed by atoms with van der Waals surface area (Å²) in [6.07, 6.45) is 2.53. The van der Waals surface area contributed by atoms with E-state index in [1.54, 1.807) is 0 Å². The van der Waals surface area contributed by atoms with Crippen molar-refractivity contribution in [2.75, 3.05) is 39.4 Å². The zero-order valence-corrected chi connectivity index (χ0v) is 11.2. The lowest BCUT2D eigenvalue weighted by atomic mass is 10.1. The molecule has 1 saturated heterocycles. The maximum absolute atomic E-state index is 5.33. The van der Waals surface area contributed by atoms with Crippen LogP contribution < -0.4 is 5.32 Å². The van der Waals surface area contributed by atoms with Gasteiger partial charge in [0.1, 0.15) is 0 Å². The van der Waals surface area contributed by atoms with Crippen molar-refractivity contribution in [3.05, 3.63) is 0 Å². The Morgan fingerprint density at radius 1 is 1.19 bits per heavy atom. The molecule has 0 saturated carbocycles. The second-order valence-electron chi connectivity index (χ2n) is 5.29. The molecule has 0 amide bonds. The Balaban J connectivity index is 1.94. The molecule has 0 bridgehead atoms. The van der Waals surface area contributed by atoms with Gasteiger partial charge in [0, 0.05) is 19.1 Å². The lowest BCUT2D eigenvalue weighted by molar-refractivity contribution is 0.0374. The molecule has 0 aromatic carbocycles. The minimum Gasteiger partial charge on any atom is -0.379 e. The normalized spacial score (nSPS) is 20.2. The Morgan fingerprint density at radius 3 is 2.50 bits per heavy atom. The highest BCUT2D eigenvalue weighted by Gasteiger charge is 2.09. The molecule has 1 aliphatic heterocycles. The summed E-state index contributed by atoms with van der Waals surface area (Å²) < 4.78 is 5.33. The van der Waals surface area contributed by atoms with Gasteiger partial charge < -0.3 is 10.1 Å². The van der Waals surface area contributed by atoms with Crippen molar-refractivity contribution in [1.82, 2.24) is 10.2 Å². The van der Waals surface area contributed by atoms with E-state index in [0.29, 0.717) is 6.04 Å². The topological polar surface area (TPSA) is 24.5 Å². The van der Waals surface area contributed by atoms with E-state index in [1.165, 1.54) is 19.4 Å². The number of hydrogen-bond acceptors (Lipinski definition) is 3. The third kappa shape index (κ3) is 6.46. The van der Waals surface area contributed by atoms with Gasteiger partial charge in [-0.05, 0) is 38.8 Å². The van der Waals surface area contributed by atoms with Crippen LogP contribution in [0.2, 0.25) is 0 Å². The molecule has 1 rings (SSSR count). The number of nitrogens with one attached hydrogen (secondary N) is 1. The highest BCUT2D eigenvalue weighted by molar-refractivity contribution is 4.65. The van der Waals surface area contributed by atoms with E-state index in [4.69, 9.17) is 4.74 Å². The first-order valence-corrected chi connectivity index (χ1v) is 6.72. The molecule has 3 heteroatoms. The van der Waals surface area contributed by atoms with Gasteiger partial charge >= 0.3 is 0 Å². The van der Waals surface area contributed by atoms with Gasteiger partial charge in [-0.1, -0.05) is 13.8 Å². The largest absolute Gasteiger partial charge is 0.379 e. The number of morpholine rings is 1. The predicted molar refractivity (Wildman–Crippen MR) is 68.8 cm³/mol. The summed E-state index contributed by atoms with van der Waals surface area (Å²) in [5.41, 5.74) is 0. The van der Waals surface area contributed by atoms with Gasteiger partial charge in [0.15, 0.2) is 0 Å². The van der Waals surface area contributed by atoms with E-state index in [0.717, 1.165) is 38.8 Å². The fourth-order valence-electron chi connectivity index (χ4n) is 2.27. The van der Waals surface area contributed by atoms with E-state index in [9.17, 15) is 0 Å². The van der Waals surface area contributed by atoms with Crippen LogP contribution in [0.4, 0.5) is 0 Å². The van der Waals surface area contributed by atoms with Crippen LogP contribution in [0, 0.1) is 5.92 Å². The minimum atomic E-state index is 0.657. The van der Waals surface area contributed by atoms with Crippen molar-refractivity contribution >= 4 is 0 Å². The number of nitrogens with zero attached hydrogens (tertiary/aromatic N) is 1. The Labute approximate surface area is 101 Å². The van der Waals surface area contributed by atoms with Crippen LogP contribution in [-0.2, 0) is 4.74 Å². The molecule has 1 heterocycles. The molecule has 0 aromatic rings. The van der Waals surface area contributed by atoms with Crippen LogP contribution in [0.5, 0.6) is 0 Å². The molecule has 3 nitrogen and oxygen atoms in total. The third-order valence-electron chi connectivity index (χ3n) is 3.07. The van der Waals surface area contributed by atoms with Crippen molar-refractivity contribution in [1.29, 1.82) is 0 Å². The van der Waals surface area contributed by atoms with Crippen LogP contribution in [0.3, 0.4) is 0 Å². The SMILES string of the molecule is CC(C)CC(C)NCCCN1CCOCC1. The Kier molecular flexibility index (Phi) is 7.01. The fourth-order valence-corrected chi connectivity index (χ4v) is 2.27. The zero-order valence-electron chi connectivity index (χ0n) is 11.2. The first-order chi connectivity index (χ1) is 7.68. The lowest BCUT2D eigenvalue weighted by Crippen LogP contribution is -2.38. The fraction of sp³-hybridized carbons (Fsp3) is 1.00. The average molecular weight is 228 g/mol. The molecule has 1 fully saturated rings. The van der Waals surface area contributed by atoms with Crippen LogP contribution in [0.15, 0.2) is 0 Å². The number of hydrogen-bond donors (Lipinski definition) is 1. The van der Waals surface area contributed by atoms with Gasteiger partial charge in [-0.3, -0.25) is 4.90 Å². The second kappa shape index (κ2) is 8.04. The highest BCUT2D eigenvalue weighted by Crippen LogP contribution is 2.03. The van der Waals surface area contributed by atoms with Gasteiger partial charge in [-0.25, -0.2) is 0 Å². The molecule has 1 unspecified atom stereocenters. The van der Waals surface area contributed by atoms with Crippen molar-refractivity contribution < 1.29 is 4.74 Å². The Bertz CT molecular complexity index is 167. The van der Waals surface area contributed by atoms with E-state index in [1.807, 2.05) is 0 Å². The standard InChI is InChI=1S/C13H28N2O/c1-12(2)11-13(3)14-5-4-6-15-7-9-16-10-8-15/h12-14H,4-11H2,1-3H3. The van der Waals surface area contributed by atoms with E-state index in [2.05, 4.69) is 31.0 Å². The maximum Gasteiger partial charge on any atom is 0.0594 e. The molecule has 1 atom stereocenters. The summed E-state index contributed by atoms with van der Waals surface area (Å²) in [5, 5.41) is 3.60. The number of ether oxygens (including phenoxy) is 1. The van der Waals surface area contributed by atoms with Crippen molar-refractivity contribution in [2.24, 2.45) is 5.92 Å². The van der Waals surface area contributed by atoms with Crippen LogP contribution in [0.1, 0.15) is 33.6 Å². The van der Waals surface area contributed by atoms with E-state index in [-0.39, 0.29) is 0 Å². The smallest absolute Gasteiger partial charge is 0.0594 e. The third-order valence-corrected chi connectivity index (χ3v) is 3.07. The Morgan fingerprint density at radius 2 is 1.88 bits per heavy atom. The predicted octanol–water partition coefficient (Wildman–Crippen LogP) is 1.73. The Hall–Kier alpha value is -0.120. The average Bonchev–Trinajstić information content (AvgIpc) is 2.25. The monoisotopic (exact) mass is 228 g/mol. The van der Waals surface area contributed by atoms with E-state index < -0.39 is 0 Å². The molecule has 16 heavy (non-hydrogen) atoms. The molecule has 96 valence electrons. The summed E-state index contributed by atoms with van der Waals surface area (Å²) in [7, 11) is 0.